The van der Waals surface area contributed by atoms with Crippen LogP contribution in [0.4, 0.5) is 0 Å². The molecule has 0 bridgehead atoms. The molecule has 0 atom stereocenters. The van der Waals surface area contributed by atoms with Gasteiger partial charge < -0.3 is 0 Å². The van der Waals surface area contributed by atoms with E-state index < -0.39 is 0 Å². The van der Waals surface area contributed by atoms with E-state index in [9.17, 15) is 14.4 Å². The number of aromatic nitrogens is 1. The van der Waals surface area contributed by atoms with Crippen LogP contribution in [0, 0.1) is 0 Å². The first-order chi connectivity index (χ1) is 13.1. The van der Waals surface area contributed by atoms with Crippen LogP contribution in [0.2, 0.25) is 0 Å². The summed E-state index contributed by atoms with van der Waals surface area (Å²) >= 11 is 1.24. The number of nitrogens with zero attached hydrogens (tertiary/aromatic N) is 1. The van der Waals surface area contributed by atoms with Gasteiger partial charge in [0, 0.05) is 16.7 Å². The lowest BCUT2D eigenvalue weighted by molar-refractivity contribution is 0.0980. The highest BCUT2D eigenvalue weighted by atomic mass is 32.1. The minimum absolute atomic E-state index is 0.138. The molecule has 130 valence electrons. The van der Waals surface area contributed by atoms with Gasteiger partial charge in [0.05, 0.1) is 22.2 Å². The van der Waals surface area contributed by atoms with Crippen molar-refractivity contribution >= 4 is 33.2 Å². The monoisotopic (exact) mass is 371 g/mol. The molecule has 0 fully saturated rings. The van der Waals surface area contributed by atoms with Gasteiger partial charge in [-0.1, -0.05) is 66.1 Å². The smallest absolute Gasteiger partial charge is 0.268 e. The summed E-state index contributed by atoms with van der Waals surface area (Å²) < 4.78 is 2.22. The summed E-state index contributed by atoms with van der Waals surface area (Å²) in [5.74, 6) is -0.364. The second kappa shape index (κ2) is 5.86. The van der Waals surface area contributed by atoms with Crippen molar-refractivity contribution in [3.8, 4) is 0 Å². The van der Waals surface area contributed by atoms with E-state index in [2.05, 4.69) is 0 Å². The molecule has 1 aromatic heterocycles. The van der Waals surface area contributed by atoms with Crippen LogP contribution in [0.3, 0.4) is 0 Å². The van der Waals surface area contributed by atoms with Crippen molar-refractivity contribution in [2.24, 2.45) is 0 Å². The van der Waals surface area contributed by atoms with Gasteiger partial charge in [0.2, 0.25) is 0 Å². The fourth-order valence-electron chi connectivity index (χ4n) is 3.56. The van der Waals surface area contributed by atoms with Gasteiger partial charge in [0.15, 0.2) is 11.6 Å². The van der Waals surface area contributed by atoms with Crippen LogP contribution in [-0.4, -0.2) is 15.5 Å². The van der Waals surface area contributed by atoms with Gasteiger partial charge >= 0.3 is 0 Å². The molecule has 4 aromatic rings. The molecule has 0 saturated carbocycles. The Morgan fingerprint density at radius 2 is 1.37 bits per heavy atom. The molecule has 0 unspecified atom stereocenters. The lowest BCUT2D eigenvalue weighted by Crippen LogP contribution is -2.21. The molecule has 5 heteroatoms. The Bertz CT molecular complexity index is 1300. The minimum atomic E-state index is -0.195. The van der Waals surface area contributed by atoms with Gasteiger partial charge in [-0.3, -0.25) is 18.3 Å². The van der Waals surface area contributed by atoms with Crippen molar-refractivity contribution in [2.75, 3.05) is 0 Å². The van der Waals surface area contributed by atoms with Crippen molar-refractivity contribution in [1.82, 2.24) is 3.96 Å². The third-order valence-corrected chi connectivity index (χ3v) is 6.00. The highest BCUT2D eigenvalue weighted by Gasteiger charge is 2.32. The Labute approximate surface area is 158 Å². The van der Waals surface area contributed by atoms with Gasteiger partial charge in [-0.25, -0.2) is 0 Å². The fraction of sp³-hybridized carbons (Fsp3) is 0.0455. The Morgan fingerprint density at radius 3 is 2.11 bits per heavy atom. The molecular formula is C22H13NO3S. The van der Waals surface area contributed by atoms with Gasteiger partial charge in [0.1, 0.15) is 0 Å². The van der Waals surface area contributed by atoms with E-state index in [1.807, 2.05) is 30.3 Å². The quantitative estimate of drug-likeness (QED) is 0.473. The molecule has 0 saturated heterocycles. The average molecular weight is 371 g/mol. The van der Waals surface area contributed by atoms with Crippen LogP contribution < -0.4 is 5.56 Å². The number of carbonyl (C=O) groups is 2. The van der Waals surface area contributed by atoms with Crippen LogP contribution in [-0.2, 0) is 6.54 Å². The second-order valence-corrected chi connectivity index (χ2v) is 7.52. The number of carbonyl (C=O) groups excluding carboxylic acids is 2. The van der Waals surface area contributed by atoms with Gasteiger partial charge in [-0.05, 0) is 17.7 Å². The lowest BCUT2D eigenvalue weighted by Gasteiger charge is -2.17. The van der Waals surface area contributed by atoms with Crippen molar-refractivity contribution in [3.63, 3.8) is 0 Å². The highest BCUT2D eigenvalue weighted by molar-refractivity contribution is 7.14. The largest absolute Gasteiger partial charge is 0.289 e. The summed E-state index contributed by atoms with van der Waals surface area (Å²) in [4.78, 5) is 38.8. The Hall–Kier alpha value is -3.31. The zero-order chi connectivity index (χ0) is 18.5. The van der Waals surface area contributed by atoms with E-state index in [1.165, 1.54) is 11.5 Å². The zero-order valence-electron chi connectivity index (χ0n) is 14.1. The normalized spacial score (nSPS) is 12.9. The molecule has 0 spiro atoms. The molecule has 0 aliphatic heterocycles. The van der Waals surface area contributed by atoms with Gasteiger partial charge in [-0.15, -0.1) is 0 Å². The van der Waals surface area contributed by atoms with Crippen LogP contribution in [0.1, 0.15) is 37.4 Å². The fourth-order valence-corrected chi connectivity index (χ4v) is 4.72. The third-order valence-electron chi connectivity index (χ3n) is 4.87. The van der Waals surface area contributed by atoms with Crippen LogP contribution in [0.15, 0.2) is 71.5 Å². The Balaban J connectivity index is 1.73. The molecule has 1 heterocycles. The van der Waals surface area contributed by atoms with E-state index in [1.54, 1.807) is 40.4 Å². The number of ketones is 2. The summed E-state index contributed by atoms with van der Waals surface area (Å²) in [5.41, 5.74) is 2.42. The van der Waals surface area contributed by atoms with E-state index in [-0.39, 0.29) is 17.1 Å². The standard InChI is InChI=1S/C22H13NO3S/c24-19-14-8-4-5-9-15(14)20(25)18-16(19)10-11-17-21(18)27-23(22(17)26)12-13-6-2-1-3-7-13/h1-11H,12H2. The predicted molar refractivity (Wildman–Crippen MR) is 105 cm³/mol. The molecule has 4 nitrogen and oxygen atoms in total. The number of rotatable bonds is 2. The number of hydrogen-bond donors (Lipinski definition) is 0. The molecule has 27 heavy (non-hydrogen) atoms. The summed E-state index contributed by atoms with van der Waals surface area (Å²) in [6.07, 6.45) is 0. The van der Waals surface area contributed by atoms with E-state index >= 15 is 0 Å². The molecule has 0 amide bonds. The maximum absolute atomic E-state index is 13.1. The summed E-state index contributed by atoms with van der Waals surface area (Å²) in [6.45, 7) is 0.437. The zero-order valence-corrected chi connectivity index (χ0v) is 15.0. The van der Waals surface area contributed by atoms with Crippen LogP contribution >= 0.6 is 11.5 Å². The Morgan fingerprint density at radius 1 is 0.704 bits per heavy atom. The molecule has 1 aliphatic rings. The summed E-state index contributed by atoms with van der Waals surface area (Å²) in [5, 5.41) is 0.482. The van der Waals surface area contributed by atoms with Crippen molar-refractivity contribution in [3.05, 3.63) is 105 Å². The summed E-state index contributed by atoms with van der Waals surface area (Å²) in [6, 6.07) is 19.8. The lowest BCUT2D eigenvalue weighted by atomic mass is 9.84. The van der Waals surface area contributed by atoms with Crippen LogP contribution in [0.5, 0.6) is 0 Å². The first kappa shape index (κ1) is 15.9. The maximum atomic E-state index is 13.1. The van der Waals surface area contributed by atoms with Crippen molar-refractivity contribution in [2.45, 2.75) is 6.54 Å². The topological polar surface area (TPSA) is 56.1 Å². The van der Waals surface area contributed by atoms with Crippen molar-refractivity contribution in [1.29, 1.82) is 0 Å². The molecular weight excluding hydrogens is 358 g/mol. The second-order valence-electron chi connectivity index (χ2n) is 6.49. The average Bonchev–Trinajstić information content (AvgIpc) is 3.02. The Kier molecular flexibility index (Phi) is 3.45. The number of benzene rings is 3. The van der Waals surface area contributed by atoms with Gasteiger partial charge in [-0.2, -0.15) is 0 Å². The van der Waals surface area contributed by atoms with E-state index in [0.717, 1.165) is 5.56 Å². The van der Waals surface area contributed by atoms with Crippen LogP contribution in [0.25, 0.3) is 10.1 Å². The highest BCUT2D eigenvalue weighted by Crippen LogP contribution is 2.33. The number of hydrogen-bond acceptors (Lipinski definition) is 4. The van der Waals surface area contributed by atoms with E-state index in [0.29, 0.717) is 38.9 Å². The maximum Gasteiger partial charge on any atom is 0.268 e. The predicted octanol–water partition coefficient (Wildman–Crippen LogP) is 3.89. The number of fused-ring (bicyclic) bond motifs is 4. The minimum Gasteiger partial charge on any atom is -0.289 e. The van der Waals surface area contributed by atoms with Gasteiger partial charge in [0.25, 0.3) is 5.56 Å². The third kappa shape index (κ3) is 2.32. The molecule has 3 aromatic carbocycles. The summed E-state index contributed by atoms with van der Waals surface area (Å²) in [7, 11) is 0. The van der Waals surface area contributed by atoms with E-state index in [4.69, 9.17) is 0 Å². The first-order valence-corrected chi connectivity index (χ1v) is 9.31. The van der Waals surface area contributed by atoms with Crippen molar-refractivity contribution < 1.29 is 9.59 Å². The molecule has 0 N–H and O–H groups in total. The molecule has 0 radical (unpaired) electrons. The SMILES string of the molecule is O=C1c2ccccc2C(=O)c2c1ccc1c(=O)n(Cc3ccccc3)sc21. The molecule has 1 aliphatic carbocycles. The first-order valence-electron chi connectivity index (χ1n) is 8.54. The molecule has 5 rings (SSSR count).